The van der Waals surface area contributed by atoms with Crippen LogP contribution in [0.15, 0.2) is 0 Å². The van der Waals surface area contributed by atoms with Crippen molar-refractivity contribution >= 4 is 10.2 Å². The van der Waals surface area contributed by atoms with Crippen LogP contribution in [0.2, 0.25) is 0 Å². The van der Waals surface area contributed by atoms with Crippen molar-refractivity contribution in [3.63, 3.8) is 0 Å². The smallest absolute Gasteiger partial charge is 0.280 e. The van der Waals surface area contributed by atoms with Crippen LogP contribution in [0.1, 0.15) is 19.3 Å². The molecule has 0 spiro atoms. The van der Waals surface area contributed by atoms with Crippen molar-refractivity contribution < 1.29 is 13.2 Å². The third kappa shape index (κ3) is 3.42. The first-order chi connectivity index (χ1) is 7.61. The van der Waals surface area contributed by atoms with Gasteiger partial charge in [0.25, 0.3) is 10.2 Å². The Kier molecular flexibility index (Phi) is 5.15. The van der Waals surface area contributed by atoms with Gasteiger partial charge in [-0.15, -0.1) is 0 Å². The molecule has 1 atom stereocenters. The number of hydrogen-bond donors (Lipinski definition) is 1. The van der Waals surface area contributed by atoms with Crippen molar-refractivity contribution in [3.8, 4) is 6.07 Å². The van der Waals surface area contributed by atoms with Crippen molar-refractivity contribution in [1.82, 2.24) is 9.03 Å². The minimum absolute atomic E-state index is 0.230. The molecule has 1 fully saturated rings. The highest BCUT2D eigenvalue weighted by Gasteiger charge is 2.31. The van der Waals surface area contributed by atoms with E-state index < -0.39 is 16.3 Å². The van der Waals surface area contributed by atoms with Crippen LogP contribution < -0.4 is 4.72 Å². The maximum Gasteiger partial charge on any atom is 0.280 e. The summed E-state index contributed by atoms with van der Waals surface area (Å²) in [6, 6.07) is 1.49. The quantitative estimate of drug-likeness (QED) is 0.685. The van der Waals surface area contributed by atoms with Gasteiger partial charge in [-0.05, 0) is 19.3 Å². The molecule has 1 saturated heterocycles. The summed E-state index contributed by atoms with van der Waals surface area (Å²) in [4.78, 5) is 0. The highest BCUT2D eigenvalue weighted by atomic mass is 32.2. The summed E-state index contributed by atoms with van der Waals surface area (Å²) in [5.74, 6) is 0. The zero-order chi connectivity index (χ0) is 12.0. The molecule has 0 bridgehead atoms. The molecule has 0 aromatic heterocycles. The predicted octanol–water partition coefficient (Wildman–Crippen LogP) is -0.155. The lowest BCUT2D eigenvalue weighted by Crippen LogP contribution is -2.49. The van der Waals surface area contributed by atoms with E-state index in [1.165, 1.54) is 11.4 Å². The summed E-state index contributed by atoms with van der Waals surface area (Å²) in [5.41, 5.74) is 0. The van der Waals surface area contributed by atoms with E-state index in [0.717, 1.165) is 12.8 Å². The summed E-state index contributed by atoms with van der Waals surface area (Å²) >= 11 is 0. The molecule has 1 rings (SSSR count). The average Bonchev–Trinajstić information content (AvgIpc) is 2.29. The first-order valence-corrected chi connectivity index (χ1v) is 6.71. The Labute approximate surface area is 96.4 Å². The van der Waals surface area contributed by atoms with E-state index in [1.807, 2.05) is 6.07 Å². The molecular weight excluding hydrogens is 230 g/mol. The highest BCUT2D eigenvalue weighted by molar-refractivity contribution is 7.87. The van der Waals surface area contributed by atoms with Gasteiger partial charge in [0.2, 0.25) is 0 Å². The Bertz CT molecular complexity index is 350. The number of piperidine rings is 1. The number of hydrogen-bond acceptors (Lipinski definition) is 4. The molecule has 92 valence electrons. The Morgan fingerprint density at radius 2 is 2.31 bits per heavy atom. The second kappa shape index (κ2) is 6.15. The van der Waals surface area contributed by atoms with Crippen LogP contribution in [0.3, 0.4) is 0 Å². The third-order valence-corrected chi connectivity index (χ3v) is 4.13. The minimum atomic E-state index is -3.54. The molecule has 7 heteroatoms. The lowest BCUT2D eigenvalue weighted by molar-refractivity contribution is 0.203. The molecule has 0 radical (unpaired) electrons. The number of nitriles is 1. The van der Waals surface area contributed by atoms with Crippen molar-refractivity contribution in [2.75, 3.05) is 26.8 Å². The van der Waals surface area contributed by atoms with Gasteiger partial charge >= 0.3 is 0 Å². The fraction of sp³-hybridized carbons (Fsp3) is 0.889. The lowest BCUT2D eigenvalue weighted by atomic mass is 10.1. The van der Waals surface area contributed by atoms with Crippen molar-refractivity contribution in [2.24, 2.45) is 0 Å². The lowest BCUT2D eigenvalue weighted by Gasteiger charge is -2.30. The van der Waals surface area contributed by atoms with Gasteiger partial charge < -0.3 is 4.74 Å². The second-order valence-electron chi connectivity index (χ2n) is 3.64. The van der Waals surface area contributed by atoms with Crippen LogP contribution in [-0.2, 0) is 14.9 Å². The molecule has 1 aliphatic rings. The number of nitrogens with zero attached hydrogens (tertiary/aromatic N) is 2. The van der Waals surface area contributed by atoms with Crippen LogP contribution in [-0.4, -0.2) is 45.6 Å². The first-order valence-electron chi connectivity index (χ1n) is 5.27. The molecule has 0 aromatic carbocycles. The zero-order valence-electron chi connectivity index (χ0n) is 9.35. The fourth-order valence-electron chi connectivity index (χ4n) is 1.68. The van der Waals surface area contributed by atoms with Gasteiger partial charge in [0.1, 0.15) is 6.04 Å². The van der Waals surface area contributed by atoms with Crippen LogP contribution in [0.4, 0.5) is 0 Å². The van der Waals surface area contributed by atoms with Gasteiger partial charge in [-0.1, -0.05) is 0 Å². The standard InChI is InChI=1S/C9H17N3O3S/c1-15-7-5-11-16(13,14)12-6-3-2-4-9(12)8-10/h9,11H,2-7H2,1H3. The van der Waals surface area contributed by atoms with Gasteiger partial charge in [-0.2, -0.15) is 22.7 Å². The molecule has 1 heterocycles. The maximum atomic E-state index is 11.8. The van der Waals surface area contributed by atoms with E-state index in [0.29, 0.717) is 19.6 Å². The van der Waals surface area contributed by atoms with E-state index in [2.05, 4.69) is 4.72 Å². The molecule has 1 N–H and O–H groups in total. The molecule has 1 unspecified atom stereocenters. The van der Waals surface area contributed by atoms with E-state index in [1.54, 1.807) is 0 Å². The Morgan fingerprint density at radius 1 is 1.56 bits per heavy atom. The van der Waals surface area contributed by atoms with Crippen LogP contribution in [0.5, 0.6) is 0 Å². The molecule has 0 aromatic rings. The van der Waals surface area contributed by atoms with E-state index in [-0.39, 0.29) is 6.54 Å². The number of ether oxygens (including phenoxy) is 1. The minimum Gasteiger partial charge on any atom is -0.383 e. The monoisotopic (exact) mass is 247 g/mol. The average molecular weight is 247 g/mol. The molecule has 0 aliphatic carbocycles. The SMILES string of the molecule is COCCNS(=O)(=O)N1CCCCC1C#N. The van der Waals surface area contributed by atoms with Gasteiger partial charge in [-0.25, -0.2) is 0 Å². The van der Waals surface area contributed by atoms with Crippen LogP contribution >= 0.6 is 0 Å². The predicted molar refractivity (Wildman–Crippen MR) is 58.8 cm³/mol. The second-order valence-corrected chi connectivity index (χ2v) is 5.35. The van der Waals surface area contributed by atoms with Gasteiger partial charge in [0.05, 0.1) is 12.7 Å². The van der Waals surface area contributed by atoms with Gasteiger partial charge in [0.15, 0.2) is 0 Å². The maximum absolute atomic E-state index is 11.8. The summed E-state index contributed by atoms with van der Waals surface area (Å²) in [5, 5.41) is 8.89. The largest absolute Gasteiger partial charge is 0.383 e. The number of methoxy groups -OCH3 is 1. The summed E-state index contributed by atoms with van der Waals surface area (Å²) in [7, 11) is -2.03. The Balaban J connectivity index is 2.62. The van der Waals surface area contributed by atoms with Gasteiger partial charge in [0, 0.05) is 20.2 Å². The van der Waals surface area contributed by atoms with Crippen LogP contribution in [0.25, 0.3) is 0 Å². The summed E-state index contributed by atoms with van der Waals surface area (Å²) < 4.78 is 32.1. The molecule has 16 heavy (non-hydrogen) atoms. The van der Waals surface area contributed by atoms with Crippen molar-refractivity contribution in [1.29, 1.82) is 5.26 Å². The number of rotatable bonds is 5. The van der Waals surface area contributed by atoms with Crippen molar-refractivity contribution in [3.05, 3.63) is 0 Å². The number of nitrogens with one attached hydrogen (secondary N) is 1. The summed E-state index contributed by atoms with van der Waals surface area (Å²) in [6.45, 7) is 0.971. The Hall–Kier alpha value is -0.680. The van der Waals surface area contributed by atoms with Crippen molar-refractivity contribution in [2.45, 2.75) is 25.3 Å². The first kappa shape index (κ1) is 13.4. The molecule has 0 saturated carbocycles. The molecule has 0 amide bonds. The van der Waals surface area contributed by atoms with Gasteiger partial charge in [-0.3, -0.25) is 0 Å². The molecule has 1 aliphatic heterocycles. The molecule has 6 nitrogen and oxygen atoms in total. The van der Waals surface area contributed by atoms with Crippen LogP contribution in [0, 0.1) is 11.3 Å². The highest BCUT2D eigenvalue weighted by Crippen LogP contribution is 2.18. The van der Waals surface area contributed by atoms with E-state index >= 15 is 0 Å². The fourth-order valence-corrected chi connectivity index (χ4v) is 3.04. The normalized spacial score (nSPS) is 22.9. The van der Waals surface area contributed by atoms with E-state index in [4.69, 9.17) is 10.00 Å². The summed E-state index contributed by atoms with van der Waals surface area (Å²) in [6.07, 6.45) is 2.33. The third-order valence-electron chi connectivity index (χ3n) is 2.50. The topological polar surface area (TPSA) is 82.4 Å². The zero-order valence-corrected chi connectivity index (χ0v) is 10.2. The molecular formula is C9H17N3O3S. The van der Waals surface area contributed by atoms with E-state index in [9.17, 15) is 8.42 Å². The Morgan fingerprint density at radius 3 is 2.94 bits per heavy atom.